The minimum absolute atomic E-state index is 0.130. The third-order valence-corrected chi connectivity index (χ3v) is 3.20. The summed E-state index contributed by atoms with van der Waals surface area (Å²) >= 11 is 0. The molecule has 0 radical (unpaired) electrons. The summed E-state index contributed by atoms with van der Waals surface area (Å²) in [5.74, 6) is 5.03. The summed E-state index contributed by atoms with van der Waals surface area (Å²) < 4.78 is 0. The first kappa shape index (κ1) is 14.1. The van der Waals surface area contributed by atoms with Gasteiger partial charge in [-0.1, -0.05) is 11.8 Å². The van der Waals surface area contributed by atoms with E-state index in [1.165, 1.54) is 0 Å². The fourth-order valence-corrected chi connectivity index (χ4v) is 2.06. The second kappa shape index (κ2) is 6.22. The Hall–Kier alpha value is -2.32. The lowest BCUT2D eigenvalue weighted by Gasteiger charge is -2.32. The molecule has 5 nitrogen and oxygen atoms in total. The van der Waals surface area contributed by atoms with Crippen molar-refractivity contribution in [2.45, 2.75) is 13.0 Å². The van der Waals surface area contributed by atoms with Crippen molar-refractivity contribution in [3.8, 4) is 11.8 Å². The van der Waals surface area contributed by atoms with Crippen LogP contribution in [0.3, 0.4) is 0 Å². The predicted molar refractivity (Wildman–Crippen MR) is 73.9 cm³/mol. The highest BCUT2D eigenvalue weighted by Gasteiger charge is 2.29. The molecule has 2 amide bonds. The van der Waals surface area contributed by atoms with E-state index in [0.29, 0.717) is 18.7 Å². The van der Waals surface area contributed by atoms with Crippen LogP contribution >= 0.6 is 0 Å². The molecule has 0 saturated carbocycles. The highest BCUT2D eigenvalue weighted by molar-refractivity contribution is 5.98. The smallest absolute Gasteiger partial charge is 0.254 e. The van der Waals surface area contributed by atoms with E-state index < -0.39 is 6.04 Å². The monoisotopic (exact) mass is 272 g/mol. The van der Waals surface area contributed by atoms with E-state index >= 15 is 0 Å². The van der Waals surface area contributed by atoms with Crippen molar-refractivity contribution >= 4 is 11.8 Å². The van der Waals surface area contributed by atoms with E-state index in [1.807, 2.05) is 0 Å². The van der Waals surface area contributed by atoms with Gasteiger partial charge < -0.3 is 15.3 Å². The molecule has 0 aromatic heterocycles. The molecule has 0 spiro atoms. The van der Waals surface area contributed by atoms with Crippen LogP contribution in [-0.2, 0) is 4.79 Å². The summed E-state index contributed by atoms with van der Waals surface area (Å²) in [4.78, 5) is 25.5. The van der Waals surface area contributed by atoms with E-state index in [9.17, 15) is 9.59 Å². The molecule has 2 rings (SSSR count). The molecule has 1 aliphatic rings. The predicted octanol–water partition coefficient (Wildman–Crippen LogP) is -0.00910. The Kier molecular flexibility index (Phi) is 4.38. The minimum Gasteiger partial charge on any atom is -0.384 e. The number of piperazine rings is 1. The Morgan fingerprint density at radius 2 is 2.15 bits per heavy atom. The van der Waals surface area contributed by atoms with Crippen LogP contribution in [0.15, 0.2) is 24.3 Å². The first-order valence-corrected chi connectivity index (χ1v) is 6.42. The lowest BCUT2D eigenvalue weighted by Crippen LogP contribution is -2.55. The van der Waals surface area contributed by atoms with Crippen molar-refractivity contribution in [2.75, 3.05) is 19.7 Å². The molecule has 0 aliphatic carbocycles. The molecule has 20 heavy (non-hydrogen) atoms. The highest BCUT2D eigenvalue weighted by atomic mass is 16.2. The largest absolute Gasteiger partial charge is 0.384 e. The SMILES string of the molecule is CC1C(=O)NCCN1C(=O)c1ccc(C#CCO)cc1. The lowest BCUT2D eigenvalue weighted by molar-refractivity contribution is -0.127. The molecule has 0 bridgehead atoms. The third-order valence-electron chi connectivity index (χ3n) is 3.20. The topological polar surface area (TPSA) is 69.6 Å². The number of aliphatic hydroxyl groups is 1. The molecule has 1 aliphatic heterocycles. The molecule has 1 aromatic carbocycles. The Labute approximate surface area is 117 Å². The molecule has 1 saturated heterocycles. The number of nitrogens with zero attached hydrogens (tertiary/aromatic N) is 1. The van der Waals surface area contributed by atoms with Gasteiger partial charge in [-0.05, 0) is 31.2 Å². The van der Waals surface area contributed by atoms with Crippen molar-refractivity contribution < 1.29 is 14.7 Å². The van der Waals surface area contributed by atoms with Gasteiger partial charge in [0, 0.05) is 24.2 Å². The van der Waals surface area contributed by atoms with E-state index in [0.717, 1.165) is 5.56 Å². The average molecular weight is 272 g/mol. The van der Waals surface area contributed by atoms with E-state index in [-0.39, 0.29) is 18.4 Å². The normalized spacial score (nSPS) is 18.0. The van der Waals surface area contributed by atoms with Crippen LogP contribution in [0.2, 0.25) is 0 Å². The number of hydrogen-bond acceptors (Lipinski definition) is 3. The zero-order chi connectivity index (χ0) is 14.5. The Morgan fingerprint density at radius 1 is 1.45 bits per heavy atom. The average Bonchev–Trinajstić information content (AvgIpc) is 2.48. The standard InChI is InChI=1S/C15H16N2O3/c1-11-14(19)16-8-9-17(11)15(20)13-6-4-12(5-7-13)3-2-10-18/h4-7,11,18H,8-10H2,1H3,(H,16,19). The van der Waals surface area contributed by atoms with Gasteiger partial charge in [-0.2, -0.15) is 0 Å². The molecule has 5 heteroatoms. The molecule has 2 N–H and O–H groups in total. The van der Waals surface area contributed by atoms with Gasteiger partial charge in [0.1, 0.15) is 12.6 Å². The fourth-order valence-electron chi connectivity index (χ4n) is 2.06. The number of aliphatic hydroxyl groups excluding tert-OH is 1. The van der Waals surface area contributed by atoms with Gasteiger partial charge in [0.15, 0.2) is 0 Å². The van der Waals surface area contributed by atoms with Gasteiger partial charge in [-0.25, -0.2) is 0 Å². The van der Waals surface area contributed by atoms with E-state index in [2.05, 4.69) is 17.2 Å². The molecule has 1 unspecified atom stereocenters. The molecule has 1 atom stereocenters. The van der Waals surface area contributed by atoms with Crippen molar-refractivity contribution in [2.24, 2.45) is 0 Å². The van der Waals surface area contributed by atoms with Crippen LogP contribution < -0.4 is 5.32 Å². The van der Waals surface area contributed by atoms with Gasteiger partial charge in [0.2, 0.25) is 5.91 Å². The maximum absolute atomic E-state index is 12.4. The molecule has 104 valence electrons. The third kappa shape index (κ3) is 2.98. The zero-order valence-electron chi connectivity index (χ0n) is 11.2. The Balaban J connectivity index is 2.14. The summed E-state index contributed by atoms with van der Waals surface area (Å²) in [6, 6.07) is 6.37. The van der Waals surface area contributed by atoms with Gasteiger partial charge in [0.25, 0.3) is 5.91 Å². The van der Waals surface area contributed by atoms with Crippen molar-refractivity contribution in [1.82, 2.24) is 10.2 Å². The first-order valence-electron chi connectivity index (χ1n) is 6.42. The number of nitrogens with one attached hydrogen (secondary N) is 1. The number of benzene rings is 1. The van der Waals surface area contributed by atoms with Crippen LogP contribution in [0, 0.1) is 11.8 Å². The van der Waals surface area contributed by atoms with Gasteiger partial charge in [-0.3, -0.25) is 9.59 Å². The van der Waals surface area contributed by atoms with Crippen LogP contribution in [0.1, 0.15) is 22.8 Å². The van der Waals surface area contributed by atoms with Crippen LogP contribution in [0.4, 0.5) is 0 Å². The molecule has 1 fully saturated rings. The van der Waals surface area contributed by atoms with E-state index in [1.54, 1.807) is 36.1 Å². The second-order valence-corrected chi connectivity index (χ2v) is 4.50. The summed E-state index contributed by atoms with van der Waals surface area (Å²) in [5, 5.41) is 11.3. The van der Waals surface area contributed by atoms with Crippen LogP contribution in [0.25, 0.3) is 0 Å². The maximum Gasteiger partial charge on any atom is 0.254 e. The maximum atomic E-state index is 12.4. The van der Waals surface area contributed by atoms with Crippen LogP contribution in [0.5, 0.6) is 0 Å². The fraction of sp³-hybridized carbons (Fsp3) is 0.333. The Morgan fingerprint density at radius 3 is 2.80 bits per heavy atom. The quantitative estimate of drug-likeness (QED) is 0.707. The van der Waals surface area contributed by atoms with Gasteiger partial charge in [0.05, 0.1) is 0 Å². The molecular weight excluding hydrogens is 256 g/mol. The lowest BCUT2D eigenvalue weighted by atomic mass is 10.1. The summed E-state index contributed by atoms with van der Waals surface area (Å²) in [5.41, 5.74) is 1.26. The van der Waals surface area contributed by atoms with Crippen molar-refractivity contribution in [3.63, 3.8) is 0 Å². The molecular formula is C15H16N2O3. The first-order chi connectivity index (χ1) is 9.63. The number of hydrogen-bond donors (Lipinski definition) is 2. The van der Waals surface area contributed by atoms with Crippen molar-refractivity contribution in [3.05, 3.63) is 35.4 Å². The molecule has 1 heterocycles. The van der Waals surface area contributed by atoms with Crippen LogP contribution in [-0.4, -0.2) is 47.6 Å². The van der Waals surface area contributed by atoms with Crippen molar-refractivity contribution in [1.29, 1.82) is 0 Å². The van der Waals surface area contributed by atoms with Gasteiger partial charge in [-0.15, -0.1) is 0 Å². The summed E-state index contributed by atoms with van der Waals surface area (Å²) in [7, 11) is 0. The number of rotatable bonds is 1. The van der Waals surface area contributed by atoms with Gasteiger partial charge >= 0.3 is 0 Å². The van der Waals surface area contributed by atoms with E-state index in [4.69, 9.17) is 5.11 Å². The molecule has 1 aromatic rings. The minimum atomic E-state index is -0.454. The summed E-state index contributed by atoms with van der Waals surface area (Å²) in [6.07, 6.45) is 0. The zero-order valence-corrected chi connectivity index (χ0v) is 11.2. The summed E-state index contributed by atoms with van der Waals surface area (Å²) in [6.45, 7) is 2.52. The highest BCUT2D eigenvalue weighted by Crippen LogP contribution is 2.12. The second-order valence-electron chi connectivity index (χ2n) is 4.50. The number of carbonyl (C=O) groups excluding carboxylic acids is 2. The Bertz CT molecular complexity index is 569. The number of carbonyl (C=O) groups is 2. The number of amides is 2.